The maximum Gasteiger partial charge on any atom is 0.306 e. The normalized spacial score (nSPS) is 13.6. The van der Waals surface area contributed by atoms with Crippen LogP contribution >= 0.6 is 0 Å². The summed E-state index contributed by atoms with van der Waals surface area (Å²) in [7, 11) is 0. The summed E-state index contributed by atoms with van der Waals surface area (Å²) in [6.45, 7) is 6.38. The van der Waals surface area contributed by atoms with Gasteiger partial charge in [-0.15, -0.1) is 0 Å². The number of unbranched alkanes of at least 4 members (excludes halogenated alkanes) is 25. The van der Waals surface area contributed by atoms with Crippen molar-refractivity contribution < 1.29 is 24.5 Å². The molecule has 1 amide bonds. The van der Waals surface area contributed by atoms with Crippen molar-refractivity contribution in [3.05, 3.63) is 36.5 Å². The van der Waals surface area contributed by atoms with Gasteiger partial charge in [0.05, 0.1) is 25.2 Å². The smallest absolute Gasteiger partial charge is 0.306 e. The maximum atomic E-state index is 13.1. The Kier molecular flexibility index (Phi) is 42.7. The lowest BCUT2D eigenvalue weighted by Gasteiger charge is -2.24. The van der Waals surface area contributed by atoms with Crippen molar-refractivity contribution in [1.29, 1.82) is 0 Å². The van der Waals surface area contributed by atoms with E-state index in [-0.39, 0.29) is 24.9 Å². The van der Waals surface area contributed by atoms with Crippen LogP contribution in [0.2, 0.25) is 0 Å². The Hall–Kier alpha value is -1.92. The number of allylic oxidation sites excluding steroid dienone is 6. The van der Waals surface area contributed by atoms with Gasteiger partial charge in [-0.1, -0.05) is 192 Å². The van der Waals surface area contributed by atoms with Crippen molar-refractivity contribution >= 4 is 11.9 Å². The first kappa shape index (κ1) is 54.1. The van der Waals surface area contributed by atoms with Gasteiger partial charge >= 0.3 is 5.97 Å². The lowest BCUT2D eigenvalue weighted by atomic mass is 10.0. The highest BCUT2D eigenvalue weighted by atomic mass is 16.5. The molecule has 0 saturated carbocycles. The number of carbonyl (C=O) groups is 2. The minimum Gasteiger partial charge on any atom is -0.462 e. The largest absolute Gasteiger partial charge is 0.462 e. The molecule has 0 radical (unpaired) electrons. The first-order valence-electron chi connectivity index (χ1n) is 24.2. The Morgan fingerprint density at radius 1 is 0.518 bits per heavy atom. The van der Waals surface area contributed by atoms with Gasteiger partial charge in [-0.3, -0.25) is 9.59 Å². The molecular formula is C50H93NO5. The number of aliphatic hydroxyl groups is 2. The topological polar surface area (TPSA) is 95.9 Å². The third kappa shape index (κ3) is 38.9. The number of aliphatic hydroxyl groups excluding tert-OH is 2. The van der Waals surface area contributed by atoms with E-state index in [1.54, 1.807) is 0 Å². The SMILES string of the molecule is CCC/C=C\CCCCCC(CC(=O)NC(CO)C(O)CCCCCCCCCCCCCC)OC(=O)CCCCCCCCC/C=C\C/C=C\CCCCC. The molecule has 0 bridgehead atoms. The van der Waals surface area contributed by atoms with E-state index < -0.39 is 18.2 Å². The molecule has 6 nitrogen and oxygen atoms in total. The summed E-state index contributed by atoms with van der Waals surface area (Å²) in [6.07, 6.45) is 50.7. The quantitative estimate of drug-likeness (QED) is 0.0325. The number of amides is 1. The number of esters is 1. The first-order chi connectivity index (χ1) is 27.5. The van der Waals surface area contributed by atoms with Gasteiger partial charge in [0.25, 0.3) is 0 Å². The van der Waals surface area contributed by atoms with Crippen molar-refractivity contribution in [2.75, 3.05) is 6.61 Å². The molecule has 3 N–H and O–H groups in total. The van der Waals surface area contributed by atoms with Crippen LogP contribution in [0.3, 0.4) is 0 Å². The Balaban J connectivity index is 4.45. The second-order valence-corrected chi connectivity index (χ2v) is 16.5. The number of nitrogens with one attached hydrogen (secondary N) is 1. The Morgan fingerprint density at radius 2 is 0.946 bits per heavy atom. The molecule has 6 heteroatoms. The second kappa shape index (κ2) is 44.2. The van der Waals surface area contributed by atoms with E-state index in [1.807, 2.05) is 0 Å². The van der Waals surface area contributed by atoms with Crippen LogP contribution in [0.5, 0.6) is 0 Å². The first-order valence-corrected chi connectivity index (χ1v) is 24.2. The van der Waals surface area contributed by atoms with Crippen LogP contribution in [-0.2, 0) is 14.3 Å². The van der Waals surface area contributed by atoms with E-state index in [0.717, 1.165) is 89.9 Å². The summed E-state index contributed by atoms with van der Waals surface area (Å²) >= 11 is 0. The highest BCUT2D eigenvalue weighted by Crippen LogP contribution is 2.17. The maximum absolute atomic E-state index is 13.1. The summed E-state index contributed by atoms with van der Waals surface area (Å²) < 4.78 is 5.88. The van der Waals surface area contributed by atoms with Gasteiger partial charge < -0.3 is 20.3 Å². The van der Waals surface area contributed by atoms with Crippen LogP contribution in [0.4, 0.5) is 0 Å². The summed E-state index contributed by atoms with van der Waals surface area (Å²) in [5, 5.41) is 23.6. The Labute approximate surface area is 347 Å². The number of hydrogen-bond acceptors (Lipinski definition) is 5. The zero-order chi connectivity index (χ0) is 41.0. The fourth-order valence-electron chi connectivity index (χ4n) is 7.23. The lowest BCUT2D eigenvalue weighted by molar-refractivity contribution is -0.151. The lowest BCUT2D eigenvalue weighted by Crippen LogP contribution is -2.46. The summed E-state index contributed by atoms with van der Waals surface area (Å²) in [5.74, 6) is -0.498. The average Bonchev–Trinajstić information content (AvgIpc) is 3.19. The third-order valence-electron chi connectivity index (χ3n) is 10.9. The van der Waals surface area contributed by atoms with E-state index >= 15 is 0 Å². The van der Waals surface area contributed by atoms with Gasteiger partial charge in [0.2, 0.25) is 5.91 Å². The molecule has 56 heavy (non-hydrogen) atoms. The molecule has 328 valence electrons. The predicted molar refractivity (Wildman–Crippen MR) is 241 cm³/mol. The minimum atomic E-state index is -0.789. The monoisotopic (exact) mass is 788 g/mol. The molecule has 0 heterocycles. The van der Waals surface area contributed by atoms with Crippen molar-refractivity contribution in [3.8, 4) is 0 Å². The van der Waals surface area contributed by atoms with Crippen LogP contribution in [0, 0.1) is 0 Å². The number of hydrogen-bond donors (Lipinski definition) is 3. The molecule has 0 aliphatic rings. The molecule has 0 aromatic rings. The highest BCUT2D eigenvalue weighted by molar-refractivity contribution is 5.77. The molecule has 0 saturated heterocycles. The average molecular weight is 788 g/mol. The fraction of sp³-hybridized carbons (Fsp3) is 0.840. The molecule has 3 atom stereocenters. The molecule has 0 aromatic carbocycles. The molecule has 0 rings (SSSR count). The van der Waals surface area contributed by atoms with Crippen molar-refractivity contribution in [2.24, 2.45) is 0 Å². The van der Waals surface area contributed by atoms with Gasteiger partial charge in [0.15, 0.2) is 0 Å². The van der Waals surface area contributed by atoms with Crippen LogP contribution in [-0.4, -0.2) is 46.9 Å². The van der Waals surface area contributed by atoms with Crippen LogP contribution in [0.25, 0.3) is 0 Å². The zero-order valence-electron chi connectivity index (χ0n) is 37.3. The fourth-order valence-corrected chi connectivity index (χ4v) is 7.23. The summed E-state index contributed by atoms with van der Waals surface area (Å²) in [5.41, 5.74) is 0. The second-order valence-electron chi connectivity index (χ2n) is 16.5. The Morgan fingerprint density at radius 3 is 1.50 bits per heavy atom. The van der Waals surface area contributed by atoms with E-state index in [4.69, 9.17) is 4.74 Å². The van der Waals surface area contributed by atoms with Crippen LogP contribution in [0.15, 0.2) is 36.5 Å². The highest BCUT2D eigenvalue weighted by Gasteiger charge is 2.24. The van der Waals surface area contributed by atoms with E-state index in [1.165, 1.54) is 109 Å². The molecule has 0 aliphatic carbocycles. The van der Waals surface area contributed by atoms with Gasteiger partial charge in [-0.05, 0) is 77.0 Å². The number of ether oxygens (including phenoxy) is 1. The number of rotatable bonds is 43. The number of carbonyl (C=O) groups excluding carboxylic acids is 2. The van der Waals surface area contributed by atoms with Crippen molar-refractivity contribution in [3.63, 3.8) is 0 Å². The molecule has 0 aliphatic heterocycles. The van der Waals surface area contributed by atoms with Crippen molar-refractivity contribution in [1.82, 2.24) is 5.32 Å². The molecular weight excluding hydrogens is 695 g/mol. The van der Waals surface area contributed by atoms with Crippen LogP contribution in [0.1, 0.15) is 245 Å². The minimum absolute atomic E-state index is 0.0644. The van der Waals surface area contributed by atoms with E-state index in [0.29, 0.717) is 19.3 Å². The third-order valence-corrected chi connectivity index (χ3v) is 10.9. The van der Waals surface area contributed by atoms with Crippen molar-refractivity contribution in [2.45, 2.75) is 264 Å². The van der Waals surface area contributed by atoms with Crippen LogP contribution < -0.4 is 5.32 Å². The van der Waals surface area contributed by atoms with Gasteiger partial charge in [-0.25, -0.2) is 0 Å². The molecule has 0 spiro atoms. The molecule has 0 fully saturated rings. The van der Waals surface area contributed by atoms with Gasteiger partial charge in [0, 0.05) is 6.42 Å². The molecule has 3 unspecified atom stereocenters. The summed E-state index contributed by atoms with van der Waals surface area (Å²) in [6, 6.07) is -0.703. The van der Waals surface area contributed by atoms with Gasteiger partial charge in [-0.2, -0.15) is 0 Å². The Bertz CT molecular complexity index is 930. The van der Waals surface area contributed by atoms with E-state index in [2.05, 4.69) is 62.5 Å². The summed E-state index contributed by atoms with van der Waals surface area (Å²) in [4.78, 5) is 26.0. The predicted octanol–water partition coefficient (Wildman–Crippen LogP) is 14.1. The molecule has 0 aromatic heterocycles. The van der Waals surface area contributed by atoms with Gasteiger partial charge in [0.1, 0.15) is 6.10 Å². The standard InChI is InChI=1S/C50H93NO5/c1-4-7-10-13-16-19-21-23-24-25-26-27-29-31-34-37-40-43-50(55)56-46(41-38-35-32-18-15-12-9-6-3)44-49(54)51-47(45-52)48(53)42-39-36-33-30-28-22-20-17-14-11-8-5-2/h12,15-16,19,23-24,46-48,52-53H,4-11,13-14,17-18,20-22,25-45H2,1-3H3,(H,51,54)/b15-12-,19-16-,24-23-. The zero-order valence-corrected chi connectivity index (χ0v) is 37.3. The van der Waals surface area contributed by atoms with E-state index in [9.17, 15) is 19.8 Å².